The van der Waals surface area contributed by atoms with Gasteiger partial charge in [-0.05, 0) is 58.5 Å². The number of hydrogen-bond acceptors (Lipinski definition) is 2. The molecule has 6 atom stereocenters. The SMILES string of the molecule is CC(C)CCCC(C)CCCC(C)C(C)c1ccc([O-])cc1.CC(C)CCCC(C)CCCC(C)C(C)c1ccc([O-])cc1.[Ca+2]. The van der Waals surface area contributed by atoms with Crippen LogP contribution in [0.4, 0.5) is 0 Å². The number of rotatable bonds is 20. The molecule has 0 radical (unpaired) electrons. The molecule has 3 heteroatoms. The summed E-state index contributed by atoms with van der Waals surface area (Å²) < 4.78 is 0. The summed E-state index contributed by atoms with van der Waals surface area (Å²) in [5, 5.41) is 22.4. The Bertz CT molecular complexity index is 872. The van der Waals surface area contributed by atoms with Crippen molar-refractivity contribution in [2.75, 3.05) is 0 Å². The Kier molecular flexibility index (Phi) is 24.9. The van der Waals surface area contributed by atoms with Gasteiger partial charge in [-0.1, -0.05) is 195 Å². The Morgan fingerprint density at radius 2 is 0.667 bits per heavy atom. The zero-order valence-corrected chi connectivity index (χ0v) is 33.5. The molecule has 0 saturated carbocycles. The normalized spacial score (nSPS) is 15.4. The van der Waals surface area contributed by atoms with Gasteiger partial charge in [0.05, 0.1) is 0 Å². The fourth-order valence-corrected chi connectivity index (χ4v) is 6.31. The summed E-state index contributed by atoms with van der Waals surface area (Å²) in [7, 11) is 0. The zero-order valence-electron chi connectivity index (χ0n) is 31.2. The third kappa shape index (κ3) is 21.0. The van der Waals surface area contributed by atoms with Crippen LogP contribution in [0.2, 0.25) is 0 Å². The molecule has 0 fully saturated rings. The van der Waals surface area contributed by atoms with Crippen molar-refractivity contribution in [3.63, 3.8) is 0 Å². The topological polar surface area (TPSA) is 46.1 Å². The van der Waals surface area contributed by atoms with Crippen LogP contribution in [0.1, 0.15) is 169 Å². The molecular weight excluding hydrogens is 577 g/mol. The summed E-state index contributed by atoms with van der Waals surface area (Å²) in [6, 6.07) is 14.8. The van der Waals surface area contributed by atoms with Crippen molar-refractivity contribution in [1.29, 1.82) is 0 Å². The van der Waals surface area contributed by atoms with Crippen molar-refractivity contribution in [2.24, 2.45) is 35.5 Å². The average Bonchev–Trinajstić information content (AvgIpc) is 2.97. The van der Waals surface area contributed by atoms with Gasteiger partial charge in [-0.2, -0.15) is 0 Å². The minimum absolute atomic E-state index is 0. The van der Waals surface area contributed by atoms with Crippen LogP contribution in [-0.4, -0.2) is 37.7 Å². The minimum atomic E-state index is 0. The maximum atomic E-state index is 11.2. The minimum Gasteiger partial charge on any atom is -0.872 e. The quantitative estimate of drug-likeness (QED) is 0.134. The van der Waals surface area contributed by atoms with Gasteiger partial charge in [0, 0.05) is 0 Å². The molecule has 0 spiro atoms. The van der Waals surface area contributed by atoms with Crippen LogP contribution >= 0.6 is 0 Å². The summed E-state index contributed by atoms with van der Waals surface area (Å²) in [6.07, 6.45) is 16.2. The van der Waals surface area contributed by atoms with E-state index in [2.05, 4.69) is 69.2 Å². The van der Waals surface area contributed by atoms with Crippen LogP contribution in [0.25, 0.3) is 0 Å². The Morgan fingerprint density at radius 3 is 0.933 bits per heavy atom. The molecule has 0 aliphatic heterocycles. The smallest absolute Gasteiger partial charge is 0.872 e. The molecule has 252 valence electrons. The van der Waals surface area contributed by atoms with Crippen molar-refractivity contribution >= 4 is 37.7 Å². The predicted molar refractivity (Wildman–Crippen MR) is 196 cm³/mol. The van der Waals surface area contributed by atoms with Gasteiger partial charge in [0.25, 0.3) is 0 Å². The van der Waals surface area contributed by atoms with E-state index in [-0.39, 0.29) is 49.2 Å². The summed E-state index contributed by atoms with van der Waals surface area (Å²) in [5.74, 6) is 6.07. The monoisotopic (exact) mass is 647 g/mol. The van der Waals surface area contributed by atoms with Gasteiger partial charge in [-0.25, -0.2) is 0 Å². The molecule has 0 saturated heterocycles. The van der Waals surface area contributed by atoms with Crippen LogP contribution in [0.5, 0.6) is 11.5 Å². The molecule has 0 heterocycles. The molecule has 2 nitrogen and oxygen atoms in total. The van der Waals surface area contributed by atoms with Crippen molar-refractivity contribution < 1.29 is 10.2 Å². The van der Waals surface area contributed by atoms with E-state index in [9.17, 15) is 10.2 Å². The Hall–Kier alpha value is -0.700. The molecule has 0 amide bonds. The maximum absolute atomic E-state index is 11.2. The van der Waals surface area contributed by atoms with E-state index in [1.54, 1.807) is 24.3 Å². The largest absolute Gasteiger partial charge is 2.00 e. The first-order valence-electron chi connectivity index (χ1n) is 18.3. The molecular formula is C42H70CaO2. The van der Waals surface area contributed by atoms with Crippen LogP contribution in [0, 0.1) is 35.5 Å². The van der Waals surface area contributed by atoms with Crippen molar-refractivity contribution in [2.45, 2.75) is 158 Å². The first kappa shape index (κ1) is 44.3. The fraction of sp³-hybridized carbons (Fsp3) is 0.714. The molecule has 2 rings (SSSR count). The second-order valence-electron chi connectivity index (χ2n) is 15.4. The van der Waals surface area contributed by atoms with E-state index in [0.29, 0.717) is 23.7 Å². The Balaban J connectivity index is 0.000000842. The number of benzene rings is 2. The molecule has 6 unspecified atom stereocenters. The maximum Gasteiger partial charge on any atom is 2.00 e. The first-order valence-corrected chi connectivity index (χ1v) is 18.3. The molecule has 2 aromatic carbocycles. The Labute approximate surface area is 310 Å². The summed E-state index contributed by atoms with van der Waals surface area (Å²) in [5.41, 5.74) is 2.61. The fourth-order valence-electron chi connectivity index (χ4n) is 6.31. The van der Waals surface area contributed by atoms with Gasteiger partial charge in [0.1, 0.15) is 0 Å². The van der Waals surface area contributed by atoms with E-state index in [1.807, 2.05) is 24.3 Å². The van der Waals surface area contributed by atoms with Crippen molar-refractivity contribution in [3.8, 4) is 11.5 Å². The van der Waals surface area contributed by atoms with E-state index in [1.165, 1.54) is 88.2 Å². The van der Waals surface area contributed by atoms with E-state index >= 15 is 0 Å². The van der Waals surface area contributed by atoms with Gasteiger partial charge in [-0.3, -0.25) is 0 Å². The van der Waals surface area contributed by atoms with E-state index in [4.69, 9.17) is 0 Å². The van der Waals surface area contributed by atoms with E-state index in [0.717, 1.165) is 23.7 Å². The first-order chi connectivity index (χ1) is 20.8. The molecule has 0 aromatic heterocycles. The molecule has 0 aliphatic rings. The van der Waals surface area contributed by atoms with Gasteiger partial charge in [0.15, 0.2) is 0 Å². The van der Waals surface area contributed by atoms with Crippen LogP contribution < -0.4 is 10.2 Å². The van der Waals surface area contributed by atoms with Crippen LogP contribution in [-0.2, 0) is 0 Å². The van der Waals surface area contributed by atoms with Gasteiger partial charge < -0.3 is 10.2 Å². The summed E-state index contributed by atoms with van der Waals surface area (Å²) >= 11 is 0. The second kappa shape index (κ2) is 25.3. The standard InChI is InChI=1S/2C21H36O.Ca/c2*1-16(2)8-6-9-17(3)10-7-11-18(4)19(5)20-12-14-21(22)15-13-20;/h2*12-19,22H,6-11H2,1-5H3;/q;;+2/p-2. The zero-order chi connectivity index (χ0) is 33.1. The molecule has 0 N–H and O–H groups in total. The summed E-state index contributed by atoms with van der Waals surface area (Å²) in [6.45, 7) is 23.3. The Morgan fingerprint density at radius 1 is 0.400 bits per heavy atom. The third-order valence-corrected chi connectivity index (χ3v) is 10.2. The second-order valence-corrected chi connectivity index (χ2v) is 15.4. The molecule has 0 aliphatic carbocycles. The molecule has 45 heavy (non-hydrogen) atoms. The van der Waals surface area contributed by atoms with Crippen molar-refractivity contribution in [3.05, 3.63) is 59.7 Å². The van der Waals surface area contributed by atoms with Gasteiger partial charge in [-0.15, -0.1) is 11.5 Å². The van der Waals surface area contributed by atoms with Crippen LogP contribution in [0.3, 0.4) is 0 Å². The molecule has 2 aromatic rings. The predicted octanol–water partition coefficient (Wildman–Crippen LogP) is 11.9. The summed E-state index contributed by atoms with van der Waals surface area (Å²) in [4.78, 5) is 0. The number of hydrogen-bond donors (Lipinski definition) is 0. The van der Waals surface area contributed by atoms with E-state index < -0.39 is 0 Å². The molecule has 0 bridgehead atoms. The third-order valence-electron chi connectivity index (χ3n) is 10.2. The average molecular weight is 647 g/mol. The van der Waals surface area contributed by atoms with Crippen LogP contribution in [0.15, 0.2) is 48.5 Å². The van der Waals surface area contributed by atoms with Gasteiger partial charge >= 0.3 is 37.7 Å². The van der Waals surface area contributed by atoms with Crippen molar-refractivity contribution in [1.82, 2.24) is 0 Å². The van der Waals surface area contributed by atoms with Gasteiger partial charge in [0.2, 0.25) is 0 Å².